The van der Waals surface area contributed by atoms with Gasteiger partial charge in [-0.1, -0.05) is 71.8 Å². The lowest BCUT2D eigenvalue weighted by molar-refractivity contribution is -0.191. The van der Waals surface area contributed by atoms with Crippen molar-refractivity contribution in [2.45, 2.75) is 113 Å². The molecule has 0 bridgehead atoms. The Bertz CT molecular complexity index is 799. The predicted octanol–water partition coefficient (Wildman–Crippen LogP) is 8.97. The molecule has 0 aromatic carbocycles. The van der Waals surface area contributed by atoms with Crippen LogP contribution >= 0.6 is 0 Å². The fraction of sp³-hybridized carbons (Fsp3) is 0.867. The molecule has 5 aliphatic rings. The van der Waals surface area contributed by atoms with Crippen molar-refractivity contribution in [1.82, 2.24) is 0 Å². The second-order valence-corrected chi connectivity index (χ2v) is 13.9. The molecular formula is C30H48. The summed E-state index contributed by atoms with van der Waals surface area (Å²) in [6, 6.07) is 0. The Kier molecular flexibility index (Phi) is 4.47. The van der Waals surface area contributed by atoms with Crippen LogP contribution in [-0.2, 0) is 0 Å². The molecule has 0 saturated heterocycles. The van der Waals surface area contributed by atoms with Gasteiger partial charge in [0.2, 0.25) is 0 Å². The van der Waals surface area contributed by atoms with Gasteiger partial charge in [0.25, 0.3) is 0 Å². The first kappa shape index (κ1) is 21.3. The van der Waals surface area contributed by atoms with E-state index in [2.05, 4.69) is 67.5 Å². The summed E-state index contributed by atoms with van der Waals surface area (Å²) in [5.74, 6) is 3.46. The molecule has 30 heavy (non-hydrogen) atoms. The molecule has 0 radical (unpaired) electrons. The van der Waals surface area contributed by atoms with Crippen LogP contribution in [0, 0.1) is 50.7 Å². The normalized spacial score (nSPS) is 55.2. The standard InChI is InChI=1S/C30H48/c1-20(2)22-12-13-24-27(22,5)16-18-30(8)25-14-15-26(4)21(3)10-9-11-23(26)28(25,6)17-19-29(24,30)7/h10,13,20,22-23,25H,9,11-12,14-19H2,1-8H3/t22-,23-,25+,26-,27-,28+,29+,30-/m1/s1. The molecule has 0 aromatic heterocycles. The van der Waals surface area contributed by atoms with Crippen LogP contribution in [0.1, 0.15) is 113 Å². The van der Waals surface area contributed by atoms with Gasteiger partial charge in [-0.2, -0.15) is 0 Å². The van der Waals surface area contributed by atoms with E-state index in [9.17, 15) is 0 Å². The molecule has 0 spiro atoms. The third kappa shape index (κ3) is 2.30. The maximum atomic E-state index is 2.76. The van der Waals surface area contributed by atoms with E-state index < -0.39 is 0 Å². The van der Waals surface area contributed by atoms with E-state index in [-0.39, 0.29) is 0 Å². The zero-order valence-electron chi connectivity index (χ0n) is 21.3. The molecular weight excluding hydrogens is 360 g/mol. The molecule has 168 valence electrons. The Balaban J connectivity index is 1.56. The van der Waals surface area contributed by atoms with Gasteiger partial charge in [0.15, 0.2) is 0 Å². The number of rotatable bonds is 1. The highest BCUT2D eigenvalue weighted by molar-refractivity contribution is 5.37. The van der Waals surface area contributed by atoms with Crippen LogP contribution in [-0.4, -0.2) is 0 Å². The van der Waals surface area contributed by atoms with Gasteiger partial charge in [0.1, 0.15) is 0 Å². The first-order valence-corrected chi connectivity index (χ1v) is 13.3. The van der Waals surface area contributed by atoms with Crippen molar-refractivity contribution in [1.29, 1.82) is 0 Å². The molecule has 0 heteroatoms. The van der Waals surface area contributed by atoms with Crippen LogP contribution in [0.15, 0.2) is 23.3 Å². The maximum Gasteiger partial charge on any atom is -0.00540 e. The quantitative estimate of drug-likeness (QED) is 0.380. The molecule has 0 N–H and O–H groups in total. The minimum Gasteiger partial charge on any atom is -0.0850 e. The fourth-order valence-corrected chi connectivity index (χ4v) is 10.9. The molecule has 5 rings (SSSR count). The lowest BCUT2D eigenvalue weighted by Gasteiger charge is -2.72. The largest absolute Gasteiger partial charge is 0.0850 e. The molecule has 0 nitrogen and oxygen atoms in total. The number of hydrogen-bond donors (Lipinski definition) is 0. The topological polar surface area (TPSA) is 0 Å². The van der Waals surface area contributed by atoms with E-state index in [1.54, 1.807) is 5.57 Å². The average Bonchev–Trinajstić information content (AvgIpc) is 3.04. The van der Waals surface area contributed by atoms with E-state index >= 15 is 0 Å². The summed E-state index contributed by atoms with van der Waals surface area (Å²) in [6.07, 6.45) is 18.1. The van der Waals surface area contributed by atoms with Crippen LogP contribution < -0.4 is 0 Å². The van der Waals surface area contributed by atoms with Gasteiger partial charge in [-0.05, 0) is 115 Å². The van der Waals surface area contributed by atoms with E-state index in [1.807, 2.05) is 5.57 Å². The van der Waals surface area contributed by atoms with Crippen molar-refractivity contribution >= 4 is 0 Å². The van der Waals surface area contributed by atoms with Crippen molar-refractivity contribution in [3.8, 4) is 0 Å². The first-order chi connectivity index (χ1) is 13.9. The van der Waals surface area contributed by atoms with Gasteiger partial charge in [0, 0.05) is 0 Å². The fourth-order valence-electron chi connectivity index (χ4n) is 10.9. The highest BCUT2D eigenvalue weighted by Gasteiger charge is 2.69. The summed E-state index contributed by atoms with van der Waals surface area (Å²) in [4.78, 5) is 0. The van der Waals surface area contributed by atoms with Gasteiger partial charge >= 0.3 is 0 Å². The van der Waals surface area contributed by atoms with Crippen molar-refractivity contribution in [3.63, 3.8) is 0 Å². The van der Waals surface area contributed by atoms with E-state index in [1.165, 1.54) is 57.8 Å². The second-order valence-electron chi connectivity index (χ2n) is 13.9. The summed E-state index contributed by atoms with van der Waals surface area (Å²) in [6.45, 7) is 20.9. The molecule has 8 atom stereocenters. The Morgan fingerprint density at radius 1 is 0.800 bits per heavy atom. The molecule has 5 aliphatic carbocycles. The van der Waals surface area contributed by atoms with Crippen LogP contribution in [0.5, 0.6) is 0 Å². The van der Waals surface area contributed by atoms with Gasteiger partial charge < -0.3 is 0 Å². The average molecular weight is 409 g/mol. The molecule has 0 aliphatic heterocycles. The highest BCUT2D eigenvalue weighted by Crippen LogP contribution is 2.77. The Hall–Kier alpha value is -0.520. The number of allylic oxidation sites excluding steroid dienone is 4. The zero-order valence-corrected chi connectivity index (χ0v) is 21.3. The summed E-state index contributed by atoms with van der Waals surface area (Å²) in [5.41, 5.74) is 5.97. The number of hydrogen-bond acceptors (Lipinski definition) is 0. The van der Waals surface area contributed by atoms with Crippen LogP contribution in [0.2, 0.25) is 0 Å². The number of fused-ring (bicyclic) bond motifs is 7. The molecule has 0 heterocycles. The molecule has 0 aromatic rings. The Labute approximate surface area is 187 Å². The Morgan fingerprint density at radius 2 is 1.53 bits per heavy atom. The van der Waals surface area contributed by atoms with Gasteiger partial charge in [-0.3, -0.25) is 0 Å². The van der Waals surface area contributed by atoms with E-state index in [4.69, 9.17) is 0 Å². The van der Waals surface area contributed by atoms with Crippen molar-refractivity contribution in [2.24, 2.45) is 50.7 Å². The molecule has 0 unspecified atom stereocenters. The lowest BCUT2D eigenvalue weighted by atomic mass is 9.32. The SMILES string of the molecule is CC1=CCC[C@H]2[C@]3(C)CC[C@@]4(C)C5=CC[C@H](C(C)C)[C@@]5(C)CC[C@]4(C)[C@H]3CC[C@]12C. The minimum absolute atomic E-state index is 0.418. The third-order valence-corrected chi connectivity index (χ3v) is 12.9. The van der Waals surface area contributed by atoms with Gasteiger partial charge in [0.05, 0.1) is 0 Å². The van der Waals surface area contributed by atoms with E-state index in [0.717, 1.165) is 23.7 Å². The van der Waals surface area contributed by atoms with Crippen LogP contribution in [0.4, 0.5) is 0 Å². The second kappa shape index (κ2) is 6.29. The summed E-state index contributed by atoms with van der Waals surface area (Å²) in [5, 5.41) is 0. The summed E-state index contributed by atoms with van der Waals surface area (Å²) >= 11 is 0. The molecule has 3 fully saturated rings. The van der Waals surface area contributed by atoms with Crippen LogP contribution in [0.25, 0.3) is 0 Å². The third-order valence-electron chi connectivity index (χ3n) is 12.9. The molecule has 0 amide bonds. The monoisotopic (exact) mass is 408 g/mol. The lowest BCUT2D eigenvalue weighted by Crippen LogP contribution is -2.64. The minimum atomic E-state index is 0.418. The van der Waals surface area contributed by atoms with Crippen LogP contribution in [0.3, 0.4) is 0 Å². The smallest absolute Gasteiger partial charge is 0.00540 e. The van der Waals surface area contributed by atoms with Crippen molar-refractivity contribution < 1.29 is 0 Å². The highest BCUT2D eigenvalue weighted by atomic mass is 14.7. The van der Waals surface area contributed by atoms with Crippen molar-refractivity contribution in [3.05, 3.63) is 23.3 Å². The molecule has 3 saturated carbocycles. The van der Waals surface area contributed by atoms with Gasteiger partial charge in [-0.15, -0.1) is 0 Å². The first-order valence-electron chi connectivity index (χ1n) is 13.3. The zero-order chi connectivity index (χ0) is 21.7. The maximum absolute atomic E-state index is 2.76. The predicted molar refractivity (Wildman–Crippen MR) is 129 cm³/mol. The van der Waals surface area contributed by atoms with Gasteiger partial charge in [-0.25, -0.2) is 0 Å². The van der Waals surface area contributed by atoms with Crippen molar-refractivity contribution in [2.75, 3.05) is 0 Å². The summed E-state index contributed by atoms with van der Waals surface area (Å²) < 4.78 is 0. The summed E-state index contributed by atoms with van der Waals surface area (Å²) in [7, 11) is 0. The Morgan fingerprint density at radius 3 is 2.23 bits per heavy atom. The van der Waals surface area contributed by atoms with E-state index in [0.29, 0.717) is 27.1 Å².